The molecule has 3 rings (SSSR count). The molecule has 0 aliphatic carbocycles. The van der Waals surface area contributed by atoms with Crippen LogP contribution in [-0.2, 0) is 0 Å². The maximum Gasteiger partial charge on any atom is 0.0415 e. The molecule has 1 aliphatic rings. The fourth-order valence-corrected chi connectivity index (χ4v) is 2.01. The second-order valence-electron chi connectivity index (χ2n) is 3.95. The van der Waals surface area contributed by atoms with Gasteiger partial charge in [-0.15, -0.1) is 0 Å². The van der Waals surface area contributed by atoms with Gasteiger partial charge in [0, 0.05) is 18.4 Å². The fourth-order valence-electron chi connectivity index (χ4n) is 2.01. The molecule has 0 aromatic heterocycles. The highest BCUT2D eigenvalue weighted by atomic mass is 15.1. The first-order valence-electron chi connectivity index (χ1n) is 5.52. The van der Waals surface area contributed by atoms with E-state index in [1.165, 1.54) is 16.5 Å². The molecule has 1 heteroatoms. The van der Waals surface area contributed by atoms with Gasteiger partial charge in [0.15, 0.2) is 0 Å². The van der Waals surface area contributed by atoms with Crippen LogP contribution in [0, 0.1) is 0 Å². The number of anilines is 1. The van der Waals surface area contributed by atoms with E-state index in [9.17, 15) is 0 Å². The Kier molecular flexibility index (Phi) is 2.22. The van der Waals surface area contributed by atoms with Gasteiger partial charge in [-0.1, -0.05) is 42.5 Å². The molecule has 1 heterocycles. The first-order chi connectivity index (χ1) is 7.93. The SMILES string of the molecule is C1=CCN(c2ccc3ccccc3c2)C=C1. The van der Waals surface area contributed by atoms with Crippen LogP contribution < -0.4 is 4.90 Å². The molecule has 1 aliphatic heterocycles. The summed E-state index contributed by atoms with van der Waals surface area (Å²) in [6.45, 7) is 0.953. The van der Waals surface area contributed by atoms with Crippen molar-refractivity contribution in [1.29, 1.82) is 0 Å². The number of nitrogens with zero attached hydrogens (tertiary/aromatic N) is 1. The van der Waals surface area contributed by atoms with E-state index in [0.29, 0.717) is 0 Å². The van der Waals surface area contributed by atoms with Gasteiger partial charge in [-0.05, 0) is 29.0 Å². The van der Waals surface area contributed by atoms with Crippen LogP contribution in [0.2, 0.25) is 0 Å². The summed E-state index contributed by atoms with van der Waals surface area (Å²) in [5.74, 6) is 0. The average molecular weight is 207 g/mol. The lowest BCUT2D eigenvalue weighted by Gasteiger charge is -2.20. The molecule has 0 bridgehead atoms. The highest BCUT2D eigenvalue weighted by molar-refractivity contribution is 5.86. The fraction of sp³-hybridized carbons (Fsp3) is 0.0667. The zero-order valence-corrected chi connectivity index (χ0v) is 9.01. The van der Waals surface area contributed by atoms with Crippen molar-refractivity contribution >= 4 is 16.5 Å². The molecule has 0 amide bonds. The summed E-state index contributed by atoms with van der Waals surface area (Å²) in [5, 5.41) is 2.59. The van der Waals surface area contributed by atoms with Gasteiger partial charge in [0.1, 0.15) is 0 Å². The predicted molar refractivity (Wildman–Crippen MR) is 69.6 cm³/mol. The lowest BCUT2D eigenvalue weighted by atomic mass is 10.1. The summed E-state index contributed by atoms with van der Waals surface area (Å²) in [5.41, 5.74) is 1.25. The monoisotopic (exact) mass is 207 g/mol. The summed E-state index contributed by atoms with van der Waals surface area (Å²) in [6.07, 6.45) is 8.43. The molecule has 0 saturated carbocycles. The van der Waals surface area contributed by atoms with Crippen LogP contribution >= 0.6 is 0 Å². The molecule has 0 N–H and O–H groups in total. The van der Waals surface area contributed by atoms with Crippen molar-refractivity contribution in [2.75, 3.05) is 11.4 Å². The van der Waals surface area contributed by atoms with E-state index in [0.717, 1.165) is 6.54 Å². The highest BCUT2D eigenvalue weighted by Gasteiger charge is 2.03. The Morgan fingerprint density at radius 3 is 2.56 bits per heavy atom. The quantitative estimate of drug-likeness (QED) is 0.688. The number of hydrogen-bond acceptors (Lipinski definition) is 1. The van der Waals surface area contributed by atoms with E-state index in [1.807, 2.05) is 0 Å². The molecular weight excluding hydrogens is 194 g/mol. The number of fused-ring (bicyclic) bond motifs is 1. The van der Waals surface area contributed by atoms with Gasteiger partial charge in [-0.2, -0.15) is 0 Å². The van der Waals surface area contributed by atoms with E-state index >= 15 is 0 Å². The average Bonchev–Trinajstić information content (AvgIpc) is 2.39. The lowest BCUT2D eigenvalue weighted by Crippen LogP contribution is -2.17. The Labute approximate surface area is 95.3 Å². The van der Waals surface area contributed by atoms with Gasteiger partial charge < -0.3 is 4.90 Å². The zero-order chi connectivity index (χ0) is 10.8. The molecule has 0 unspecified atom stereocenters. The third-order valence-electron chi connectivity index (χ3n) is 2.88. The van der Waals surface area contributed by atoms with Crippen molar-refractivity contribution in [1.82, 2.24) is 0 Å². The number of benzene rings is 2. The molecule has 1 nitrogen and oxygen atoms in total. The van der Waals surface area contributed by atoms with E-state index in [2.05, 4.69) is 71.8 Å². The maximum atomic E-state index is 2.24. The lowest BCUT2D eigenvalue weighted by molar-refractivity contribution is 1.08. The van der Waals surface area contributed by atoms with Crippen LogP contribution in [0.15, 0.2) is 66.9 Å². The van der Waals surface area contributed by atoms with E-state index in [-0.39, 0.29) is 0 Å². The van der Waals surface area contributed by atoms with Crippen LogP contribution in [0.1, 0.15) is 0 Å². The van der Waals surface area contributed by atoms with Gasteiger partial charge >= 0.3 is 0 Å². The second-order valence-corrected chi connectivity index (χ2v) is 3.95. The summed E-state index contributed by atoms with van der Waals surface area (Å²) < 4.78 is 0. The van der Waals surface area contributed by atoms with Crippen LogP contribution in [0.3, 0.4) is 0 Å². The Balaban J connectivity index is 2.05. The first kappa shape index (κ1) is 9.22. The molecule has 78 valence electrons. The zero-order valence-electron chi connectivity index (χ0n) is 9.01. The van der Waals surface area contributed by atoms with Crippen molar-refractivity contribution in [3.63, 3.8) is 0 Å². The van der Waals surface area contributed by atoms with Gasteiger partial charge in [-0.25, -0.2) is 0 Å². The number of hydrogen-bond donors (Lipinski definition) is 0. The Morgan fingerprint density at radius 2 is 1.75 bits per heavy atom. The predicted octanol–water partition coefficient (Wildman–Crippen LogP) is 3.73. The van der Waals surface area contributed by atoms with Crippen LogP contribution in [0.25, 0.3) is 10.8 Å². The number of rotatable bonds is 1. The summed E-state index contributed by atoms with van der Waals surface area (Å²) >= 11 is 0. The van der Waals surface area contributed by atoms with Gasteiger partial charge in [0.2, 0.25) is 0 Å². The first-order valence-corrected chi connectivity index (χ1v) is 5.52. The van der Waals surface area contributed by atoms with E-state index in [1.54, 1.807) is 0 Å². The molecule has 0 atom stereocenters. The highest BCUT2D eigenvalue weighted by Crippen LogP contribution is 2.23. The van der Waals surface area contributed by atoms with Crippen LogP contribution in [-0.4, -0.2) is 6.54 Å². The van der Waals surface area contributed by atoms with Crippen molar-refractivity contribution in [3.8, 4) is 0 Å². The third-order valence-corrected chi connectivity index (χ3v) is 2.88. The maximum absolute atomic E-state index is 2.24. The summed E-state index contributed by atoms with van der Waals surface area (Å²) in [4.78, 5) is 2.24. The van der Waals surface area contributed by atoms with Crippen molar-refractivity contribution < 1.29 is 0 Å². The van der Waals surface area contributed by atoms with Gasteiger partial charge in [-0.3, -0.25) is 0 Å². The van der Waals surface area contributed by atoms with E-state index in [4.69, 9.17) is 0 Å². The smallest absolute Gasteiger partial charge is 0.0415 e. The minimum atomic E-state index is 0.953. The standard InChI is InChI=1S/C15H13N/c1-4-10-16(11-5-1)15-9-8-13-6-2-3-7-14(13)12-15/h1-10,12H,11H2. The third kappa shape index (κ3) is 1.61. The number of allylic oxidation sites excluding steroid dienone is 2. The van der Waals surface area contributed by atoms with Crippen molar-refractivity contribution in [2.45, 2.75) is 0 Å². The Hall–Kier alpha value is -2.02. The van der Waals surface area contributed by atoms with E-state index < -0.39 is 0 Å². The topological polar surface area (TPSA) is 3.24 Å². The molecule has 2 aromatic rings. The molecule has 0 saturated heterocycles. The summed E-state index contributed by atoms with van der Waals surface area (Å²) in [6, 6.07) is 15.0. The molecule has 0 spiro atoms. The minimum Gasteiger partial charge on any atom is -0.344 e. The van der Waals surface area contributed by atoms with Gasteiger partial charge in [0.25, 0.3) is 0 Å². The minimum absolute atomic E-state index is 0.953. The van der Waals surface area contributed by atoms with Crippen LogP contribution in [0.5, 0.6) is 0 Å². The Morgan fingerprint density at radius 1 is 0.875 bits per heavy atom. The van der Waals surface area contributed by atoms with Crippen molar-refractivity contribution in [2.24, 2.45) is 0 Å². The normalized spacial score (nSPS) is 14.6. The summed E-state index contributed by atoms with van der Waals surface area (Å²) in [7, 11) is 0. The van der Waals surface area contributed by atoms with Crippen LogP contribution in [0.4, 0.5) is 5.69 Å². The molecular formula is C15H13N. The Bertz CT molecular complexity index is 566. The molecule has 2 aromatic carbocycles. The second kappa shape index (κ2) is 3.86. The van der Waals surface area contributed by atoms with Gasteiger partial charge in [0.05, 0.1) is 0 Å². The molecule has 0 fully saturated rings. The largest absolute Gasteiger partial charge is 0.344 e. The molecule has 16 heavy (non-hydrogen) atoms. The molecule has 0 radical (unpaired) electrons. The van der Waals surface area contributed by atoms with Crippen molar-refractivity contribution in [3.05, 3.63) is 66.9 Å².